The molecule has 8 nitrogen and oxygen atoms in total. The molecule has 2 aromatic rings. The number of hydrogen-bond acceptors (Lipinski definition) is 5. The second kappa shape index (κ2) is 4.86. The van der Waals surface area contributed by atoms with E-state index in [2.05, 4.69) is 25.0 Å². The molecule has 0 unspecified atom stereocenters. The van der Waals surface area contributed by atoms with Crippen LogP contribution >= 0.6 is 0 Å². The Morgan fingerprint density at radius 3 is 2.83 bits per heavy atom. The Morgan fingerprint density at radius 2 is 2.28 bits per heavy atom. The van der Waals surface area contributed by atoms with Crippen LogP contribution in [0.15, 0.2) is 17.4 Å². The summed E-state index contributed by atoms with van der Waals surface area (Å²) < 4.78 is 27.8. The van der Waals surface area contributed by atoms with Crippen molar-refractivity contribution in [2.45, 2.75) is 18.2 Å². The molecule has 0 aromatic carbocycles. The molecule has 98 valence electrons. The van der Waals surface area contributed by atoms with Crippen LogP contribution in [0.2, 0.25) is 0 Å². The third-order valence-corrected chi connectivity index (χ3v) is 3.94. The van der Waals surface area contributed by atoms with Crippen LogP contribution < -0.4 is 4.72 Å². The summed E-state index contributed by atoms with van der Waals surface area (Å²) in [5.41, 5.74) is 0.512. The lowest BCUT2D eigenvalue weighted by atomic mass is 10.4. The fraction of sp³-hybridized carbons (Fsp3) is 0.444. The first-order chi connectivity index (χ1) is 8.49. The summed E-state index contributed by atoms with van der Waals surface area (Å²) in [7, 11) is -1.76. The van der Waals surface area contributed by atoms with Crippen molar-refractivity contribution in [3.05, 3.63) is 24.0 Å². The average Bonchev–Trinajstić information content (AvgIpc) is 2.87. The molecule has 0 bridgehead atoms. The maximum Gasteiger partial charge on any atom is 0.243 e. The Labute approximate surface area is 104 Å². The van der Waals surface area contributed by atoms with Gasteiger partial charge in [-0.3, -0.25) is 9.78 Å². The summed E-state index contributed by atoms with van der Waals surface area (Å²) in [6, 6.07) is 0. The maximum absolute atomic E-state index is 11.9. The number of sulfonamides is 1. The third kappa shape index (κ3) is 2.74. The molecular weight excluding hydrogens is 256 g/mol. The predicted molar refractivity (Wildman–Crippen MR) is 63.2 cm³/mol. The number of hydrogen-bond donors (Lipinski definition) is 2. The highest BCUT2D eigenvalue weighted by Gasteiger charge is 2.17. The summed E-state index contributed by atoms with van der Waals surface area (Å²) in [5.74, 6) is 0.601. The van der Waals surface area contributed by atoms with Gasteiger partial charge in [-0.2, -0.15) is 10.2 Å². The highest BCUT2D eigenvalue weighted by molar-refractivity contribution is 7.89. The van der Waals surface area contributed by atoms with E-state index in [0.29, 0.717) is 17.9 Å². The standard InChI is InChI=1S/C9H14N6O2S/c1-7-8(5-11-13-7)18(16,17)12-4-3-9-10-6-15(2)14-9/h5-6,12H,3-4H2,1-2H3,(H,11,13). The first-order valence-electron chi connectivity index (χ1n) is 5.33. The van der Waals surface area contributed by atoms with Gasteiger partial charge in [-0.05, 0) is 6.92 Å². The molecule has 2 aromatic heterocycles. The highest BCUT2D eigenvalue weighted by atomic mass is 32.2. The summed E-state index contributed by atoms with van der Waals surface area (Å²) in [6.45, 7) is 1.90. The SMILES string of the molecule is Cc1[nH]ncc1S(=O)(=O)NCCc1ncn(C)n1. The molecule has 18 heavy (non-hydrogen) atoms. The second-order valence-electron chi connectivity index (χ2n) is 3.84. The molecule has 0 amide bonds. The van der Waals surface area contributed by atoms with Gasteiger partial charge in [-0.15, -0.1) is 0 Å². The van der Waals surface area contributed by atoms with Gasteiger partial charge in [-0.1, -0.05) is 0 Å². The number of H-pyrrole nitrogens is 1. The maximum atomic E-state index is 11.9. The zero-order valence-electron chi connectivity index (χ0n) is 10.1. The van der Waals surface area contributed by atoms with E-state index >= 15 is 0 Å². The van der Waals surface area contributed by atoms with Crippen molar-refractivity contribution < 1.29 is 8.42 Å². The van der Waals surface area contributed by atoms with Crippen LogP contribution in [0.3, 0.4) is 0 Å². The summed E-state index contributed by atoms with van der Waals surface area (Å²) in [5, 5.41) is 10.3. The Hall–Kier alpha value is -1.74. The fourth-order valence-corrected chi connectivity index (χ4v) is 2.65. The minimum atomic E-state index is -3.52. The molecule has 9 heteroatoms. The smallest absolute Gasteiger partial charge is 0.243 e. The molecule has 0 aliphatic rings. The van der Waals surface area contributed by atoms with Crippen molar-refractivity contribution >= 4 is 10.0 Å². The first kappa shape index (κ1) is 12.7. The van der Waals surface area contributed by atoms with E-state index in [1.54, 1.807) is 25.0 Å². The molecular formula is C9H14N6O2S. The average molecular weight is 270 g/mol. The molecule has 0 spiro atoms. The molecule has 0 fully saturated rings. The largest absolute Gasteiger partial charge is 0.281 e. The van der Waals surface area contributed by atoms with Gasteiger partial charge in [0.2, 0.25) is 10.0 Å². The lowest BCUT2D eigenvalue weighted by Crippen LogP contribution is -2.26. The van der Waals surface area contributed by atoms with Crippen LogP contribution in [0.1, 0.15) is 11.5 Å². The van der Waals surface area contributed by atoms with Gasteiger partial charge in [0, 0.05) is 20.0 Å². The fourth-order valence-electron chi connectivity index (χ4n) is 1.48. The van der Waals surface area contributed by atoms with Crippen molar-refractivity contribution in [2.24, 2.45) is 7.05 Å². The number of aromatic amines is 1. The van der Waals surface area contributed by atoms with E-state index in [4.69, 9.17) is 0 Å². The lowest BCUT2D eigenvalue weighted by molar-refractivity contribution is 0.580. The molecule has 0 aliphatic heterocycles. The van der Waals surface area contributed by atoms with Gasteiger partial charge in [0.1, 0.15) is 11.2 Å². The molecule has 2 N–H and O–H groups in total. The van der Waals surface area contributed by atoms with E-state index in [9.17, 15) is 8.42 Å². The van der Waals surface area contributed by atoms with Crippen molar-refractivity contribution in [3.63, 3.8) is 0 Å². The Morgan fingerprint density at radius 1 is 1.50 bits per heavy atom. The monoisotopic (exact) mass is 270 g/mol. The number of aromatic nitrogens is 5. The van der Waals surface area contributed by atoms with Crippen molar-refractivity contribution in [1.82, 2.24) is 29.7 Å². The topological polar surface area (TPSA) is 106 Å². The Kier molecular flexibility index (Phi) is 3.43. The predicted octanol–water partition coefficient (Wildman–Crippen LogP) is -0.632. The summed E-state index contributed by atoms with van der Waals surface area (Å²) in [6.07, 6.45) is 3.30. The minimum absolute atomic E-state index is 0.163. The van der Waals surface area contributed by atoms with E-state index in [1.165, 1.54) is 6.20 Å². The zero-order valence-corrected chi connectivity index (χ0v) is 10.9. The van der Waals surface area contributed by atoms with Crippen molar-refractivity contribution in [3.8, 4) is 0 Å². The van der Waals surface area contributed by atoms with E-state index in [1.807, 2.05) is 0 Å². The second-order valence-corrected chi connectivity index (χ2v) is 5.58. The number of rotatable bonds is 5. The minimum Gasteiger partial charge on any atom is -0.281 e. The summed E-state index contributed by atoms with van der Waals surface area (Å²) in [4.78, 5) is 4.18. The van der Waals surface area contributed by atoms with Gasteiger partial charge < -0.3 is 0 Å². The van der Waals surface area contributed by atoms with E-state index < -0.39 is 10.0 Å². The van der Waals surface area contributed by atoms with Crippen LogP contribution in [0.5, 0.6) is 0 Å². The molecule has 0 atom stereocenters. The molecule has 2 heterocycles. The molecule has 2 rings (SSSR count). The van der Waals surface area contributed by atoms with Crippen LogP contribution in [-0.2, 0) is 23.5 Å². The molecule has 0 saturated heterocycles. The van der Waals surface area contributed by atoms with Crippen LogP contribution in [-0.4, -0.2) is 39.9 Å². The molecule has 0 aliphatic carbocycles. The number of nitrogens with one attached hydrogen (secondary N) is 2. The van der Waals surface area contributed by atoms with Crippen LogP contribution in [0, 0.1) is 6.92 Å². The normalized spacial score (nSPS) is 11.9. The first-order valence-corrected chi connectivity index (χ1v) is 6.81. The molecule has 0 saturated carbocycles. The van der Waals surface area contributed by atoms with Crippen LogP contribution in [0.25, 0.3) is 0 Å². The Balaban J connectivity index is 1.96. The van der Waals surface area contributed by atoms with Gasteiger partial charge in [0.15, 0.2) is 5.82 Å². The number of nitrogens with zero attached hydrogens (tertiary/aromatic N) is 4. The van der Waals surface area contributed by atoms with Gasteiger partial charge >= 0.3 is 0 Å². The third-order valence-electron chi connectivity index (χ3n) is 2.36. The zero-order chi connectivity index (χ0) is 13.2. The van der Waals surface area contributed by atoms with E-state index in [0.717, 1.165) is 0 Å². The highest BCUT2D eigenvalue weighted by Crippen LogP contribution is 2.10. The quantitative estimate of drug-likeness (QED) is 0.752. The van der Waals surface area contributed by atoms with Crippen molar-refractivity contribution in [1.29, 1.82) is 0 Å². The molecule has 0 radical (unpaired) electrons. The van der Waals surface area contributed by atoms with Gasteiger partial charge in [0.25, 0.3) is 0 Å². The van der Waals surface area contributed by atoms with Crippen molar-refractivity contribution in [2.75, 3.05) is 6.54 Å². The number of aryl methyl sites for hydroxylation is 2. The van der Waals surface area contributed by atoms with Gasteiger partial charge in [0.05, 0.1) is 11.9 Å². The lowest BCUT2D eigenvalue weighted by Gasteiger charge is -2.03. The van der Waals surface area contributed by atoms with Crippen LogP contribution in [0.4, 0.5) is 0 Å². The summed E-state index contributed by atoms with van der Waals surface area (Å²) >= 11 is 0. The van der Waals surface area contributed by atoms with E-state index in [-0.39, 0.29) is 11.4 Å². The van der Waals surface area contributed by atoms with Gasteiger partial charge in [-0.25, -0.2) is 18.1 Å². The Bertz CT molecular complexity index is 629.